The van der Waals surface area contributed by atoms with Gasteiger partial charge in [-0.3, -0.25) is 9.19 Å². The zero-order valence-electron chi connectivity index (χ0n) is 11.2. The predicted molar refractivity (Wildman–Crippen MR) is 83.0 cm³/mol. The minimum Gasteiger partial charge on any atom is -0.254 e. The Hall–Kier alpha value is -2.00. The van der Waals surface area contributed by atoms with E-state index in [1.807, 2.05) is 67.6 Å². The molecule has 0 saturated carbocycles. The van der Waals surface area contributed by atoms with Gasteiger partial charge in [0.25, 0.3) is 0 Å². The highest BCUT2D eigenvalue weighted by Crippen LogP contribution is 2.16. The maximum atomic E-state index is 12.3. The topological polar surface area (TPSA) is 30.0 Å². The summed E-state index contributed by atoms with van der Waals surface area (Å²) < 4.78 is 12.3. The first-order valence-corrected chi connectivity index (χ1v) is 7.84. The van der Waals surface area contributed by atoms with Crippen LogP contribution in [0.4, 0.5) is 0 Å². The van der Waals surface area contributed by atoms with Gasteiger partial charge >= 0.3 is 0 Å². The van der Waals surface area contributed by atoms with Crippen LogP contribution in [0.5, 0.6) is 0 Å². The minimum atomic E-state index is -1.05. The molecule has 0 aliphatic carbocycles. The lowest BCUT2D eigenvalue weighted by molar-refractivity contribution is 0.682. The summed E-state index contributed by atoms with van der Waals surface area (Å²) in [5, 5.41) is 1.11. The number of para-hydroxylation sites is 1. The van der Waals surface area contributed by atoms with Crippen molar-refractivity contribution in [2.24, 2.45) is 0 Å². The Kier molecular flexibility index (Phi) is 3.61. The van der Waals surface area contributed by atoms with Crippen LogP contribution in [0.1, 0.15) is 11.3 Å². The quantitative estimate of drug-likeness (QED) is 0.730. The largest absolute Gasteiger partial charge is 0.254 e. The van der Waals surface area contributed by atoms with E-state index >= 15 is 0 Å². The van der Waals surface area contributed by atoms with Gasteiger partial charge in [-0.2, -0.15) is 0 Å². The number of nitrogens with zero attached hydrogens (tertiary/aromatic N) is 1. The third-order valence-electron chi connectivity index (χ3n) is 3.22. The van der Waals surface area contributed by atoms with Crippen LogP contribution in [0.25, 0.3) is 10.9 Å². The lowest BCUT2D eigenvalue weighted by Crippen LogP contribution is -1.99. The number of rotatable bonds is 3. The molecule has 1 atom stereocenters. The van der Waals surface area contributed by atoms with Crippen molar-refractivity contribution >= 4 is 21.7 Å². The molecule has 0 radical (unpaired) electrons. The van der Waals surface area contributed by atoms with Crippen LogP contribution in [0.2, 0.25) is 0 Å². The lowest BCUT2D eigenvalue weighted by Gasteiger charge is -2.04. The van der Waals surface area contributed by atoms with Gasteiger partial charge in [-0.15, -0.1) is 0 Å². The summed E-state index contributed by atoms with van der Waals surface area (Å²) in [5.74, 6) is 0.452. The molecule has 0 fully saturated rings. The first-order chi connectivity index (χ1) is 9.72. The van der Waals surface area contributed by atoms with Gasteiger partial charge in [-0.25, -0.2) is 0 Å². The number of fused-ring (bicyclic) bond motifs is 1. The van der Waals surface area contributed by atoms with E-state index in [4.69, 9.17) is 0 Å². The summed E-state index contributed by atoms with van der Waals surface area (Å²) in [6.07, 6.45) is 0. The number of aromatic nitrogens is 1. The Morgan fingerprint density at radius 3 is 2.50 bits per heavy atom. The predicted octanol–water partition coefficient (Wildman–Crippen LogP) is 3.85. The van der Waals surface area contributed by atoms with Crippen LogP contribution >= 0.6 is 0 Å². The molecular formula is C17H15NOS. The molecule has 100 valence electrons. The number of aryl methyl sites for hydroxylation is 1. The second kappa shape index (κ2) is 5.55. The third kappa shape index (κ3) is 2.78. The summed E-state index contributed by atoms with van der Waals surface area (Å²) in [6.45, 7) is 2.03. The van der Waals surface area contributed by atoms with Crippen LogP contribution in [0, 0.1) is 6.92 Å². The highest BCUT2D eigenvalue weighted by molar-refractivity contribution is 7.84. The number of hydrogen-bond acceptors (Lipinski definition) is 2. The fourth-order valence-electron chi connectivity index (χ4n) is 2.10. The number of pyridine rings is 1. The average Bonchev–Trinajstić information content (AvgIpc) is 2.48. The molecule has 0 amide bonds. The first kappa shape index (κ1) is 13.0. The summed E-state index contributed by atoms with van der Waals surface area (Å²) in [5.41, 5.74) is 2.99. The second-order valence-corrected chi connectivity index (χ2v) is 6.25. The molecule has 3 heteroatoms. The van der Waals surface area contributed by atoms with Crippen molar-refractivity contribution in [3.05, 3.63) is 71.9 Å². The van der Waals surface area contributed by atoms with Crippen LogP contribution < -0.4 is 0 Å². The van der Waals surface area contributed by atoms with Crippen LogP contribution in [0.15, 0.2) is 65.6 Å². The molecule has 20 heavy (non-hydrogen) atoms. The third-order valence-corrected chi connectivity index (χ3v) is 4.57. The monoisotopic (exact) mass is 281 g/mol. The van der Waals surface area contributed by atoms with Gasteiger partial charge in [0.1, 0.15) is 0 Å². The van der Waals surface area contributed by atoms with Crippen molar-refractivity contribution in [3.8, 4) is 0 Å². The molecule has 0 spiro atoms. The molecule has 1 heterocycles. The van der Waals surface area contributed by atoms with Crippen molar-refractivity contribution in [2.45, 2.75) is 17.6 Å². The van der Waals surface area contributed by atoms with Gasteiger partial charge in [0, 0.05) is 10.3 Å². The van der Waals surface area contributed by atoms with Crippen molar-refractivity contribution in [1.82, 2.24) is 4.98 Å². The Morgan fingerprint density at radius 1 is 0.950 bits per heavy atom. The Balaban J connectivity index is 1.85. The Bertz CT molecular complexity index is 765. The van der Waals surface area contributed by atoms with Crippen molar-refractivity contribution in [2.75, 3.05) is 0 Å². The van der Waals surface area contributed by atoms with Crippen molar-refractivity contribution in [1.29, 1.82) is 0 Å². The molecule has 0 N–H and O–H groups in total. The second-order valence-electron chi connectivity index (χ2n) is 4.80. The molecule has 2 aromatic carbocycles. The van der Waals surface area contributed by atoms with Gasteiger partial charge in [-0.05, 0) is 31.2 Å². The van der Waals surface area contributed by atoms with E-state index in [0.717, 1.165) is 21.5 Å². The van der Waals surface area contributed by atoms with Gasteiger partial charge in [0.15, 0.2) is 0 Å². The van der Waals surface area contributed by atoms with E-state index in [2.05, 4.69) is 4.98 Å². The van der Waals surface area contributed by atoms with E-state index in [0.29, 0.717) is 5.75 Å². The number of benzene rings is 2. The maximum absolute atomic E-state index is 12.3. The Morgan fingerprint density at radius 2 is 1.70 bits per heavy atom. The molecule has 0 unspecified atom stereocenters. The first-order valence-electron chi connectivity index (χ1n) is 6.52. The fraction of sp³-hybridized carbons (Fsp3) is 0.118. The molecule has 0 bridgehead atoms. The highest BCUT2D eigenvalue weighted by Gasteiger charge is 2.06. The standard InChI is InChI=1S/C17H15NOS/c1-13-6-10-16(11-7-13)20(19)12-15-9-8-14-4-2-3-5-17(14)18-15/h2-11H,12H2,1H3/t20-/m1/s1. The van der Waals surface area contributed by atoms with E-state index in [9.17, 15) is 4.21 Å². The van der Waals surface area contributed by atoms with E-state index in [1.165, 1.54) is 5.56 Å². The Labute approximate surface area is 120 Å². The zero-order chi connectivity index (χ0) is 13.9. The molecule has 2 nitrogen and oxygen atoms in total. The van der Waals surface area contributed by atoms with Gasteiger partial charge < -0.3 is 0 Å². The average molecular weight is 281 g/mol. The van der Waals surface area contributed by atoms with Gasteiger partial charge in [0.2, 0.25) is 0 Å². The zero-order valence-corrected chi connectivity index (χ0v) is 12.1. The molecule has 0 aliphatic heterocycles. The molecule has 3 rings (SSSR count). The van der Waals surface area contributed by atoms with E-state index < -0.39 is 10.8 Å². The smallest absolute Gasteiger partial charge is 0.0705 e. The molecule has 3 aromatic rings. The van der Waals surface area contributed by atoms with E-state index in [1.54, 1.807) is 0 Å². The van der Waals surface area contributed by atoms with Crippen molar-refractivity contribution < 1.29 is 4.21 Å². The fourth-order valence-corrected chi connectivity index (χ4v) is 3.13. The van der Waals surface area contributed by atoms with Gasteiger partial charge in [0.05, 0.1) is 27.8 Å². The van der Waals surface area contributed by atoms with Crippen LogP contribution in [0.3, 0.4) is 0 Å². The molecule has 0 aliphatic rings. The summed E-state index contributed by atoms with van der Waals surface area (Å²) in [6, 6.07) is 19.8. The molecular weight excluding hydrogens is 266 g/mol. The lowest BCUT2D eigenvalue weighted by atomic mass is 10.2. The normalized spacial score (nSPS) is 12.4. The summed E-state index contributed by atoms with van der Waals surface area (Å²) in [4.78, 5) is 5.42. The highest BCUT2D eigenvalue weighted by atomic mass is 32.2. The van der Waals surface area contributed by atoms with Crippen LogP contribution in [-0.4, -0.2) is 9.19 Å². The summed E-state index contributed by atoms with van der Waals surface area (Å²) in [7, 11) is -1.05. The summed E-state index contributed by atoms with van der Waals surface area (Å²) >= 11 is 0. The molecule has 1 aromatic heterocycles. The van der Waals surface area contributed by atoms with E-state index in [-0.39, 0.29) is 0 Å². The SMILES string of the molecule is Cc1ccc([S@](=O)Cc2ccc3ccccc3n2)cc1. The van der Waals surface area contributed by atoms with Crippen molar-refractivity contribution in [3.63, 3.8) is 0 Å². The molecule has 0 saturated heterocycles. The maximum Gasteiger partial charge on any atom is 0.0705 e. The number of hydrogen-bond donors (Lipinski definition) is 0. The van der Waals surface area contributed by atoms with Crippen LogP contribution in [-0.2, 0) is 16.6 Å². The van der Waals surface area contributed by atoms with Gasteiger partial charge in [-0.1, -0.05) is 42.0 Å². The minimum absolute atomic E-state index is 0.452.